The van der Waals surface area contributed by atoms with Crippen molar-refractivity contribution in [1.82, 2.24) is 19.9 Å². The minimum atomic E-state index is 0.531. The van der Waals surface area contributed by atoms with Gasteiger partial charge in [0.1, 0.15) is 11.8 Å². The molecular formula is C12H7N5. The average molecular weight is 221 g/mol. The number of aromatic amines is 1. The van der Waals surface area contributed by atoms with Gasteiger partial charge in [0.2, 0.25) is 0 Å². The van der Waals surface area contributed by atoms with Gasteiger partial charge in [0.15, 0.2) is 11.5 Å². The van der Waals surface area contributed by atoms with Crippen LogP contribution in [0.5, 0.6) is 0 Å². The molecule has 0 fully saturated rings. The first kappa shape index (κ1) is 9.48. The quantitative estimate of drug-likeness (QED) is 0.680. The minimum Gasteiger partial charge on any atom is -0.335 e. The molecule has 0 bridgehead atoms. The Morgan fingerprint density at radius 1 is 1.18 bits per heavy atom. The normalized spacial score (nSPS) is 10.3. The van der Waals surface area contributed by atoms with Crippen molar-refractivity contribution in [3.8, 4) is 17.6 Å². The molecule has 0 aliphatic rings. The number of H-pyrrole nitrogens is 1. The lowest BCUT2D eigenvalue weighted by Crippen LogP contribution is -1.86. The Bertz CT molecular complexity index is 673. The van der Waals surface area contributed by atoms with Crippen molar-refractivity contribution in [2.45, 2.75) is 0 Å². The minimum absolute atomic E-state index is 0.531. The van der Waals surface area contributed by atoms with E-state index in [1.807, 2.05) is 18.2 Å². The van der Waals surface area contributed by atoms with Gasteiger partial charge >= 0.3 is 0 Å². The zero-order chi connectivity index (χ0) is 11.7. The molecule has 5 heteroatoms. The molecule has 3 rings (SSSR count). The van der Waals surface area contributed by atoms with Crippen molar-refractivity contribution in [1.29, 1.82) is 5.26 Å². The van der Waals surface area contributed by atoms with Gasteiger partial charge in [-0.15, -0.1) is 0 Å². The number of hydrogen-bond acceptors (Lipinski definition) is 4. The summed E-state index contributed by atoms with van der Waals surface area (Å²) >= 11 is 0. The largest absolute Gasteiger partial charge is 0.335 e. The topological polar surface area (TPSA) is 78.2 Å². The van der Waals surface area contributed by atoms with Gasteiger partial charge in [0.05, 0.1) is 11.1 Å². The van der Waals surface area contributed by atoms with E-state index in [-0.39, 0.29) is 0 Å². The summed E-state index contributed by atoms with van der Waals surface area (Å²) in [5.41, 5.74) is 2.76. The van der Waals surface area contributed by atoms with Crippen molar-refractivity contribution >= 4 is 11.2 Å². The highest BCUT2D eigenvalue weighted by molar-refractivity contribution is 5.74. The van der Waals surface area contributed by atoms with Crippen LogP contribution in [-0.2, 0) is 0 Å². The fourth-order valence-corrected chi connectivity index (χ4v) is 1.57. The molecule has 0 unspecified atom stereocenters. The van der Waals surface area contributed by atoms with Crippen LogP contribution >= 0.6 is 0 Å². The predicted molar refractivity (Wildman–Crippen MR) is 61.8 cm³/mol. The number of rotatable bonds is 1. The van der Waals surface area contributed by atoms with Crippen LogP contribution < -0.4 is 0 Å². The molecule has 0 saturated carbocycles. The smallest absolute Gasteiger partial charge is 0.178 e. The predicted octanol–water partition coefficient (Wildman–Crippen LogP) is 1.89. The summed E-state index contributed by atoms with van der Waals surface area (Å²) < 4.78 is 0. The van der Waals surface area contributed by atoms with E-state index in [0.717, 1.165) is 5.52 Å². The van der Waals surface area contributed by atoms with Gasteiger partial charge in [0, 0.05) is 12.4 Å². The molecule has 0 radical (unpaired) electrons. The second-order valence-electron chi connectivity index (χ2n) is 3.50. The summed E-state index contributed by atoms with van der Waals surface area (Å²) in [5, 5.41) is 8.69. The first-order valence-corrected chi connectivity index (χ1v) is 5.04. The molecular weight excluding hydrogens is 214 g/mol. The third-order valence-corrected chi connectivity index (χ3v) is 2.39. The molecule has 0 spiro atoms. The fraction of sp³-hybridized carbons (Fsp3) is 0. The molecule has 3 heterocycles. The maximum atomic E-state index is 8.69. The average Bonchev–Trinajstić information content (AvgIpc) is 2.82. The third kappa shape index (κ3) is 1.62. The molecule has 80 valence electrons. The van der Waals surface area contributed by atoms with Crippen molar-refractivity contribution in [2.75, 3.05) is 0 Å². The highest BCUT2D eigenvalue weighted by Gasteiger charge is 2.06. The second kappa shape index (κ2) is 3.68. The number of pyridine rings is 2. The zero-order valence-electron chi connectivity index (χ0n) is 8.75. The first-order chi connectivity index (χ1) is 8.36. The number of nitriles is 1. The summed E-state index contributed by atoms with van der Waals surface area (Å²) in [5.74, 6) is 0.656. The van der Waals surface area contributed by atoms with Crippen LogP contribution in [0.1, 0.15) is 5.56 Å². The molecule has 0 aliphatic heterocycles. The van der Waals surface area contributed by atoms with Gasteiger partial charge in [-0.25, -0.2) is 9.97 Å². The van der Waals surface area contributed by atoms with E-state index >= 15 is 0 Å². The van der Waals surface area contributed by atoms with E-state index in [4.69, 9.17) is 5.26 Å². The Morgan fingerprint density at radius 3 is 2.82 bits per heavy atom. The molecule has 0 aromatic carbocycles. The summed E-state index contributed by atoms with van der Waals surface area (Å²) in [6.45, 7) is 0. The zero-order valence-corrected chi connectivity index (χ0v) is 8.75. The fourth-order valence-electron chi connectivity index (χ4n) is 1.57. The number of aromatic nitrogens is 4. The van der Waals surface area contributed by atoms with Crippen LogP contribution in [0.4, 0.5) is 0 Å². The molecule has 0 saturated heterocycles. The number of fused-ring (bicyclic) bond motifs is 1. The first-order valence-electron chi connectivity index (χ1n) is 5.04. The molecule has 17 heavy (non-hydrogen) atoms. The maximum Gasteiger partial charge on any atom is 0.178 e. The van der Waals surface area contributed by atoms with Crippen LogP contribution in [0.25, 0.3) is 22.7 Å². The highest BCUT2D eigenvalue weighted by atomic mass is 15.0. The van der Waals surface area contributed by atoms with Crippen molar-refractivity contribution in [3.63, 3.8) is 0 Å². The van der Waals surface area contributed by atoms with Crippen molar-refractivity contribution in [2.24, 2.45) is 0 Å². The summed E-state index contributed by atoms with van der Waals surface area (Å²) in [6, 6.07) is 9.25. The van der Waals surface area contributed by atoms with E-state index in [0.29, 0.717) is 22.7 Å². The summed E-state index contributed by atoms with van der Waals surface area (Å²) in [4.78, 5) is 15.8. The van der Waals surface area contributed by atoms with E-state index < -0.39 is 0 Å². The molecule has 1 N–H and O–H groups in total. The van der Waals surface area contributed by atoms with Crippen LogP contribution in [0.2, 0.25) is 0 Å². The lowest BCUT2D eigenvalue weighted by Gasteiger charge is -1.94. The van der Waals surface area contributed by atoms with Gasteiger partial charge in [-0.05, 0) is 24.3 Å². The van der Waals surface area contributed by atoms with E-state index in [2.05, 4.69) is 19.9 Å². The van der Waals surface area contributed by atoms with E-state index in [9.17, 15) is 0 Å². The maximum absolute atomic E-state index is 8.69. The number of nitrogens with zero attached hydrogens (tertiary/aromatic N) is 4. The Morgan fingerprint density at radius 2 is 2.12 bits per heavy atom. The number of nitrogens with one attached hydrogen (secondary N) is 1. The third-order valence-electron chi connectivity index (χ3n) is 2.39. The Kier molecular flexibility index (Phi) is 2.06. The second-order valence-corrected chi connectivity index (χ2v) is 3.50. The molecule has 0 amide bonds. The van der Waals surface area contributed by atoms with Crippen LogP contribution in [-0.4, -0.2) is 19.9 Å². The Hall–Kier alpha value is -2.74. The van der Waals surface area contributed by atoms with Gasteiger partial charge in [-0.3, -0.25) is 4.98 Å². The molecule has 5 nitrogen and oxygen atoms in total. The molecule has 0 aliphatic carbocycles. The van der Waals surface area contributed by atoms with Crippen molar-refractivity contribution in [3.05, 3.63) is 42.2 Å². The van der Waals surface area contributed by atoms with E-state index in [1.165, 1.54) is 6.20 Å². The SMILES string of the molecule is N#Cc1ccc(-c2nc3ncccc3[nH]2)nc1. The lowest BCUT2D eigenvalue weighted by molar-refractivity contribution is 1.22. The van der Waals surface area contributed by atoms with Crippen molar-refractivity contribution < 1.29 is 0 Å². The van der Waals surface area contributed by atoms with Crippen LogP contribution in [0.3, 0.4) is 0 Å². The lowest BCUT2D eigenvalue weighted by atomic mass is 10.2. The molecule has 3 aromatic rings. The number of hydrogen-bond donors (Lipinski definition) is 1. The molecule has 3 aromatic heterocycles. The summed E-state index contributed by atoms with van der Waals surface area (Å²) in [6.07, 6.45) is 3.22. The van der Waals surface area contributed by atoms with Gasteiger partial charge in [-0.2, -0.15) is 5.26 Å². The standard InChI is InChI=1S/C12H7N5/c13-6-8-3-4-9(15-7-8)12-16-10-2-1-5-14-11(10)17-12/h1-5,7H,(H,14,16,17). The Balaban J connectivity index is 2.11. The van der Waals surface area contributed by atoms with Gasteiger partial charge in [-0.1, -0.05) is 0 Å². The summed E-state index contributed by atoms with van der Waals surface area (Å²) in [7, 11) is 0. The number of imidazole rings is 1. The monoisotopic (exact) mass is 221 g/mol. The van der Waals surface area contributed by atoms with Gasteiger partial charge in [0.25, 0.3) is 0 Å². The molecule has 0 atom stereocenters. The van der Waals surface area contributed by atoms with Crippen LogP contribution in [0.15, 0.2) is 36.7 Å². The van der Waals surface area contributed by atoms with E-state index in [1.54, 1.807) is 18.3 Å². The van der Waals surface area contributed by atoms with Gasteiger partial charge < -0.3 is 4.98 Å². The Labute approximate surface area is 96.8 Å². The van der Waals surface area contributed by atoms with Crippen LogP contribution in [0, 0.1) is 11.3 Å². The highest BCUT2D eigenvalue weighted by Crippen LogP contribution is 2.16.